The molecular formula is C26H22N2O2. The lowest BCUT2D eigenvalue weighted by Gasteiger charge is -2.46. The van der Waals surface area contributed by atoms with E-state index in [1.165, 1.54) is 0 Å². The predicted octanol–water partition coefficient (Wildman–Crippen LogP) is 5.53. The molecule has 2 unspecified atom stereocenters. The number of nitrogens with zero attached hydrogens (tertiary/aromatic N) is 2. The van der Waals surface area contributed by atoms with E-state index in [9.17, 15) is 4.79 Å². The molecule has 4 rings (SSSR count). The summed E-state index contributed by atoms with van der Waals surface area (Å²) in [5.74, 6) is 0.694. The van der Waals surface area contributed by atoms with E-state index >= 15 is 0 Å². The summed E-state index contributed by atoms with van der Waals surface area (Å²) in [6.07, 6.45) is 4.78. The summed E-state index contributed by atoms with van der Waals surface area (Å²) in [7, 11) is 1.63. The summed E-state index contributed by atoms with van der Waals surface area (Å²) in [6, 6.07) is 25.1. The van der Waals surface area contributed by atoms with Crippen LogP contribution in [0, 0.1) is 12.5 Å². The summed E-state index contributed by atoms with van der Waals surface area (Å²) < 4.78 is 5.24. The molecule has 1 aliphatic rings. The summed E-state index contributed by atoms with van der Waals surface area (Å²) in [6.45, 7) is 7.23. The van der Waals surface area contributed by atoms with Crippen LogP contribution >= 0.6 is 0 Å². The summed E-state index contributed by atoms with van der Waals surface area (Å²) in [5, 5.41) is 0. The Morgan fingerprint density at radius 2 is 1.80 bits per heavy atom. The van der Waals surface area contributed by atoms with E-state index in [0.29, 0.717) is 12.1 Å². The minimum absolute atomic E-state index is 0.0531. The van der Waals surface area contributed by atoms with Gasteiger partial charge in [-0.05, 0) is 36.2 Å². The van der Waals surface area contributed by atoms with Crippen LogP contribution in [0.1, 0.15) is 11.1 Å². The number of carbonyl (C=O) groups excluding carboxylic acids is 1. The van der Waals surface area contributed by atoms with Crippen molar-refractivity contribution in [1.29, 1.82) is 0 Å². The zero-order valence-electron chi connectivity index (χ0n) is 16.7. The van der Waals surface area contributed by atoms with Gasteiger partial charge in [0.1, 0.15) is 5.75 Å². The number of hydrogen-bond donors (Lipinski definition) is 0. The predicted molar refractivity (Wildman–Crippen MR) is 120 cm³/mol. The van der Waals surface area contributed by atoms with Crippen LogP contribution in [0.4, 0.5) is 11.4 Å². The van der Waals surface area contributed by atoms with Crippen molar-refractivity contribution in [3.8, 4) is 5.75 Å². The second-order valence-corrected chi connectivity index (χ2v) is 7.26. The van der Waals surface area contributed by atoms with Crippen LogP contribution in [0.3, 0.4) is 0 Å². The molecule has 3 aromatic carbocycles. The van der Waals surface area contributed by atoms with Gasteiger partial charge in [0.05, 0.1) is 25.6 Å². The van der Waals surface area contributed by atoms with Gasteiger partial charge in [-0.3, -0.25) is 4.79 Å². The van der Waals surface area contributed by atoms with Crippen molar-refractivity contribution in [3.05, 3.63) is 107 Å². The molecule has 1 fully saturated rings. The summed E-state index contributed by atoms with van der Waals surface area (Å²) >= 11 is 0. The van der Waals surface area contributed by atoms with Crippen molar-refractivity contribution in [1.82, 2.24) is 0 Å². The van der Waals surface area contributed by atoms with Gasteiger partial charge >= 0.3 is 0 Å². The molecule has 1 aliphatic heterocycles. The SMILES string of the molecule is [C-]#[N+]c1cccc(CC2C(=O)N(c3ccc(OC)cc3)C2/C=C/c2ccccc2)c1. The number of rotatable bonds is 6. The minimum Gasteiger partial charge on any atom is -0.497 e. The molecule has 0 N–H and O–H groups in total. The first kappa shape index (κ1) is 19.5. The maximum absolute atomic E-state index is 13.1. The maximum Gasteiger partial charge on any atom is 0.233 e. The summed E-state index contributed by atoms with van der Waals surface area (Å²) in [5.41, 5.74) is 3.56. The molecule has 4 heteroatoms. The van der Waals surface area contributed by atoms with E-state index in [1.807, 2.05) is 77.7 Å². The Hall–Kier alpha value is -3.84. The van der Waals surface area contributed by atoms with Crippen molar-refractivity contribution >= 4 is 23.4 Å². The zero-order valence-corrected chi connectivity index (χ0v) is 16.7. The van der Waals surface area contributed by atoms with E-state index in [1.54, 1.807) is 13.2 Å². The minimum atomic E-state index is -0.159. The van der Waals surface area contributed by atoms with E-state index < -0.39 is 0 Å². The number of methoxy groups -OCH3 is 1. The van der Waals surface area contributed by atoms with Crippen LogP contribution in [-0.2, 0) is 11.2 Å². The Morgan fingerprint density at radius 1 is 1.03 bits per heavy atom. The van der Waals surface area contributed by atoms with Gasteiger partial charge in [0, 0.05) is 5.69 Å². The van der Waals surface area contributed by atoms with E-state index in [-0.39, 0.29) is 17.9 Å². The van der Waals surface area contributed by atoms with Crippen molar-refractivity contribution < 1.29 is 9.53 Å². The Bertz CT molecular complexity index is 1100. The zero-order chi connectivity index (χ0) is 20.9. The topological polar surface area (TPSA) is 33.9 Å². The number of hydrogen-bond acceptors (Lipinski definition) is 2. The van der Waals surface area contributed by atoms with E-state index in [4.69, 9.17) is 11.3 Å². The fourth-order valence-electron chi connectivity index (χ4n) is 3.82. The molecule has 0 radical (unpaired) electrons. The molecule has 3 aromatic rings. The quantitative estimate of drug-likeness (QED) is 0.407. The summed E-state index contributed by atoms with van der Waals surface area (Å²) in [4.78, 5) is 18.4. The fraction of sp³-hybridized carbons (Fsp3) is 0.154. The van der Waals surface area contributed by atoms with Gasteiger partial charge in [0.25, 0.3) is 0 Å². The highest BCUT2D eigenvalue weighted by Crippen LogP contribution is 2.37. The van der Waals surface area contributed by atoms with Gasteiger partial charge in [0.15, 0.2) is 5.69 Å². The van der Waals surface area contributed by atoms with Crippen molar-refractivity contribution in [3.63, 3.8) is 0 Å². The molecule has 2 atom stereocenters. The van der Waals surface area contributed by atoms with Crippen molar-refractivity contribution in [2.45, 2.75) is 12.5 Å². The van der Waals surface area contributed by atoms with Crippen molar-refractivity contribution in [2.75, 3.05) is 12.0 Å². The molecule has 0 spiro atoms. The van der Waals surface area contributed by atoms with Crippen LogP contribution in [0.5, 0.6) is 5.75 Å². The Morgan fingerprint density at radius 3 is 2.50 bits per heavy atom. The number of amides is 1. The highest BCUT2D eigenvalue weighted by molar-refractivity contribution is 6.04. The van der Waals surface area contributed by atoms with E-state index in [2.05, 4.69) is 17.0 Å². The molecule has 1 saturated heterocycles. The van der Waals surface area contributed by atoms with Gasteiger partial charge in [-0.15, -0.1) is 0 Å². The smallest absolute Gasteiger partial charge is 0.233 e. The Balaban J connectivity index is 1.62. The van der Waals surface area contributed by atoms with Crippen LogP contribution in [0.25, 0.3) is 10.9 Å². The lowest BCUT2D eigenvalue weighted by molar-refractivity contribution is -0.128. The molecule has 30 heavy (non-hydrogen) atoms. The molecule has 0 aliphatic carbocycles. The lowest BCUT2D eigenvalue weighted by atomic mass is 9.81. The third kappa shape index (κ3) is 3.97. The third-order valence-corrected chi connectivity index (χ3v) is 5.40. The molecule has 148 valence electrons. The fourth-order valence-corrected chi connectivity index (χ4v) is 3.82. The third-order valence-electron chi connectivity index (χ3n) is 5.40. The molecule has 1 heterocycles. The highest BCUT2D eigenvalue weighted by Gasteiger charge is 2.46. The van der Waals surface area contributed by atoms with Gasteiger partial charge in [-0.1, -0.05) is 72.3 Å². The number of carbonyl (C=O) groups is 1. The van der Waals surface area contributed by atoms with Crippen LogP contribution in [0.2, 0.25) is 0 Å². The lowest BCUT2D eigenvalue weighted by Crippen LogP contribution is -2.61. The normalized spacial score (nSPS) is 18.1. The van der Waals surface area contributed by atoms with E-state index in [0.717, 1.165) is 22.6 Å². The molecule has 1 amide bonds. The second-order valence-electron chi connectivity index (χ2n) is 7.26. The molecule has 0 saturated carbocycles. The van der Waals surface area contributed by atoms with Gasteiger partial charge in [-0.25, -0.2) is 4.85 Å². The average molecular weight is 394 g/mol. The molecular weight excluding hydrogens is 372 g/mol. The van der Waals surface area contributed by atoms with Gasteiger partial charge in [-0.2, -0.15) is 0 Å². The number of β-lactam (4-membered cyclic amide) rings is 1. The first-order valence-electron chi connectivity index (χ1n) is 9.86. The molecule has 0 bridgehead atoms. The number of anilines is 1. The van der Waals surface area contributed by atoms with Crippen molar-refractivity contribution in [2.24, 2.45) is 5.92 Å². The Labute approximate surface area is 176 Å². The van der Waals surface area contributed by atoms with Gasteiger partial charge in [0.2, 0.25) is 5.91 Å². The monoisotopic (exact) mass is 394 g/mol. The molecule has 0 aromatic heterocycles. The first-order chi connectivity index (χ1) is 14.7. The standard InChI is InChI=1S/C26H22N2O2/c1-27-21-10-6-9-20(17-21)18-24-25(16-11-19-7-4-3-5-8-19)28(26(24)29)22-12-14-23(30-2)15-13-22/h3-17,24-25H,18H2,2H3/b16-11+. The number of benzene rings is 3. The van der Waals surface area contributed by atoms with Crippen LogP contribution < -0.4 is 9.64 Å². The van der Waals surface area contributed by atoms with Crippen LogP contribution in [0.15, 0.2) is 84.9 Å². The number of ether oxygens (including phenoxy) is 1. The van der Waals surface area contributed by atoms with Gasteiger partial charge < -0.3 is 9.64 Å². The van der Waals surface area contributed by atoms with Crippen LogP contribution in [-0.4, -0.2) is 19.1 Å². The Kier molecular flexibility index (Phi) is 5.63. The highest BCUT2D eigenvalue weighted by atomic mass is 16.5. The average Bonchev–Trinajstić information content (AvgIpc) is 2.81. The molecule has 4 nitrogen and oxygen atoms in total. The second kappa shape index (κ2) is 8.67. The first-order valence-corrected chi connectivity index (χ1v) is 9.86. The maximum atomic E-state index is 13.1. The largest absolute Gasteiger partial charge is 0.497 e.